The topological polar surface area (TPSA) is 50.4 Å². The lowest BCUT2D eigenvalue weighted by molar-refractivity contribution is 0.102. The van der Waals surface area contributed by atoms with E-state index in [1.165, 1.54) is 0 Å². The summed E-state index contributed by atoms with van der Waals surface area (Å²) in [4.78, 5) is 12.4. The molecule has 2 aromatic carbocycles. The second-order valence-electron chi connectivity index (χ2n) is 4.91. The van der Waals surface area contributed by atoms with Crippen molar-refractivity contribution in [2.45, 2.75) is 20.0 Å². The van der Waals surface area contributed by atoms with E-state index in [1.54, 1.807) is 13.1 Å². The van der Waals surface area contributed by atoms with Gasteiger partial charge < -0.3 is 15.4 Å². The van der Waals surface area contributed by atoms with Gasteiger partial charge in [-0.15, -0.1) is 0 Å². The molecule has 0 aromatic heterocycles. The van der Waals surface area contributed by atoms with E-state index in [4.69, 9.17) is 4.74 Å². The van der Waals surface area contributed by atoms with Crippen molar-refractivity contribution >= 4 is 17.3 Å². The molecular formula is C17H20N2O2. The molecule has 0 spiro atoms. The fourth-order valence-corrected chi connectivity index (χ4v) is 2.02. The molecule has 0 atom stereocenters. The molecule has 0 aliphatic carbocycles. The van der Waals surface area contributed by atoms with E-state index < -0.39 is 0 Å². The molecule has 0 aliphatic heterocycles. The second-order valence-corrected chi connectivity index (χ2v) is 4.91. The van der Waals surface area contributed by atoms with E-state index in [1.807, 2.05) is 56.3 Å². The molecule has 0 aliphatic rings. The predicted octanol–water partition coefficient (Wildman–Crippen LogP) is 3.77. The van der Waals surface area contributed by atoms with Crippen LogP contribution >= 0.6 is 0 Å². The highest BCUT2D eigenvalue weighted by atomic mass is 16.5. The Balaban J connectivity index is 2.24. The van der Waals surface area contributed by atoms with Crippen LogP contribution in [0.2, 0.25) is 0 Å². The lowest BCUT2D eigenvalue weighted by Gasteiger charge is -2.15. The number of hydrogen-bond acceptors (Lipinski definition) is 3. The molecule has 0 radical (unpaired) electrons. The Kier molecular flexibility index (Phi) is 4.82. The third-order valence-electron chi connectivity index (χ3n) is 2.94. The Morgan fingerprint density at radius 2 is 1.62 bits per heavy atom. The van der Waals surface area contributed by atoms with Gasteiger partial charge in [0.1, 0.15) is 5.75 Å². The highest BCUT2D eigenvalue weighted by molar-refractivity contribution is 6.08. The van der Waals surface area contributed by atoms with Gasteiger partial charge in [-0.2, -0.15) is 0 Å². The van der Waals surface area contributed by atoms with Gasteiger partial charge in [-0.1, -0.05) is 24.3 Å². The smallest absolute Gasteiger partial charge is 0.257 e. The van der Waals surface area contributed by atoms with Crippen LogP contribution in [0.5, 0.6) is 5.75 Å². The van der Waals surface area contributed by atoms with Gasteiger partial charge in [0, 0.05) is 12.7 Å². The van der Waals surface area contributed by atoms with Crippen LogP contribution in [0.15, 0.2) is 48.5 Å². The van der Waals surface area contributed by atoms with Crippen molar-refractivity contribution in [3.05, 3.63) is 54.1 Å². The molecule has 4 heteroatoms. The summed E-state index contributed by atoms with van der Waals surface area (Å²) >= 11 is 0. The van der Waals surface area contributed by atoms with E-state index in [9.17, 15) is 4.79 Å². The molecule has 0 unspecified atom stereocenters. The molecule has 2 N–H and O–H groups in total. The summed E-state index contributed by atoms with van der Waals surface area (Å²) in [7, 11) is 1.79. The fourth-order valence-electron chi connectivity index (χ4n) is 2.02. The number of benzene rings is 2. The van der Waals surface area contributed by atoms with E-state index in [0.717, 1.165) is 5.69 Å². The standard InChI is InChI=1S/C17H20N2O2/c1-12(2)21-16-11-7-6-10-15(16)19-17(20)13-8-4-5-9-14(13)18-3/h4-12,18H,1-3H3,(H,19,20). The third-order valence-corrected chi connectivity index (χ3v) is 2.94. The predicted molar refractivity (Wildman–Crippen MR) is 86.1 cm³/mol. The number of amides is 1. The van der Waals surface area contributed by atoms with Crippen molar-refractivity contribution in [3.63, 3.8) is 0 Å². The van der Waals surface area contributed by atoms with Gasteiger partial charge >= 0.3 is 0 Å². The van der Waals surface area contributed by atoms with Gasteiger partial charge in [-0.3, -0.25) is 4.79 Å². The first-order valence-electron chi connectivity index (χ1n) is 6.95. The number of nitrogens with one attached hydrogen (secondary N) is 2. The molecule has 0 bridgehead atoms. The first-order valence-corrected chi connectivity index (χ1v) is 6.95. The summed E-state index contributed by atoms with van der Waals surface area (Å²) in [6, 6.07) is 14.8. The highest BCUT2D eigenvalue weighted by Crippen LogP contribution is 2.26. The number of hydrogen-bond donors (Lipinski definition) is 2. The molecule has 21 heavy (non-hydrogen) atoms. The maximum Gasteiger partial charge on any atom is 0.257 e. The summed E-state index contributed by atoms with van der Waals surface area (Å²) in [6.07, 6.45) is 0.0487. The Bertz CT molecular complexity index is 624. The van der Waals surface area contributed by atoms with Crippen LogP contribution < -0.4 is 15.4 Å². The molecule has 2 aromatic rings. The van der Waals surface area contributed by atoms with Gasteiger partial charge in [-0.05, 0) is 38.1 Å². The van der Waals surface area contributed by atoms with Crippen molar-refractivity contribution in [1.82, 2.24) is 0 Å². The number of anilines is 2. The maximum absolute atomic E-state index is 12.4. The van der Waals surface area contributed by atoms with Crippen LogP contribution in [-0.4, -0.2) is 19.1 Å². The highest BCUT2D eigenvalue weighted by Gasteiger charge is 2.13. The van der Waals surface area contributed by atoms with Gasteiger partial charge in [0.15, 0.2) is 0 Å². The number of para-hydroxylation sites is 3. The van der Waals surface area contributed by atoms with Gasteiger partial charge in [0.2, 0.25) is 0 Å². The number of carbonyl (C=O) groups is 1. The molecular weight excluding hydrogens is 264 g/mol. The molecule has 0 fully saturated rings. The lowest BCUT2D eigenvalue weighted by atomic mass is 10.1. The molecule has 1 amide bonds. The van der Waals surface area contributed by atoms with Gasteiger partial charge in [0.05, 0.1) is 17.4 Å². The average molecular weight is 284 g/mol. The van der Waals surface area contributed by atoms with Crippen molar-refractivity contribution in [2.75, 3.05) is 17.7 Å². The largest absolute Gasteiger partial charge is 0.489 e. The first-order chi connectivity index (χ1) is 10.1. The molecule has 0 saturated heterocycles. The van der Waals surface area contributed by atoms with Gasteiger partial charge in [0.25, 0.3) is 5.91 Å². The van der Waals surface area contributed by atoms with Crippen molar-refractivity contribution in [2.24, 2.45) is 0 Å². The fraction of sp³-hybridized carbons (Fsp3) is 0.235. The zero-order valence-corrected chi connectivity index (χ0v) is 12.5. The number of carbonyl (C=O) groups excluding carboxylic acids is 1. The minimum absolute atomic E-state index is 0.0487. The van der Waals surface area contributed by atoms with E-state index >= 15 is 0 Å². The van der Waals surface area contributed by atoms with E-state index in [2.05, 4.69) is 10.6 Å². The molecule has 110 valence electrons. The van der Waals surface area contributed by atoms with Crippen molar-refractivity contribution in [1.29, 1.82) is 0 Å². The van der Waals surface area contributed by atoms with Crippen molar-refractivity contribution < 1.29 is 9.53 Å². The second kappa shape index (κ2) is 6.79. The minimum atomic E-state index is -0.167. The quantitative estimate of drug-likeness (QED) is 0.878. The first kappa shape index (κ1) is 14.9. The van der Waals surface area contributed by atoms with E-state index in [-0.39, 0.29) is 12.0 Å². The monoisotopic (exact) mass is 284 g/mol. The van der Waals surface area contributed by atoms with Crippen LogP contribution in [0.3, 0.4) is 0 Å². The number of rotatable bonds is 5. The Morgan fingerprint density at radius 3 is 2.29 bits per heavy atom. The van der Waals surface area contributed by atoms with Crippen LogP contribution in [0.1, 0.15) is 24.2 Å². The molecule has 4 nitrogen and oxygen atoms in total. The van der Waals surface area contributed by atoms with Crippen LogP contribution in [-0.2, 0) is 0 Å². The normalized spacial score (nSPS) is 10.3. The third kappa shape index (κ3) is 3.75. The summed E-state index contributed by atoms with van der Waals surface area (Å²) in [6.45, 7) is 3.91. The Morgan fingerprint density at radius 1 is 1.00 bits per heavy atom. The molecule has 0 saturated carbocycles. The SMILES string of the molecule is CNc1ccccc1C(=O)Nc1ccccc1OC(C)C. The Labute approximate surface area is 125 Å². The summed E-state index contributed by atoms with van der Waals surface area (Å²) in [5, 5.41) is 5.92. The summed E-state index contributed by atoms with van der Waals surface area (Å²) in [5.41, 5.74) is 2.05. The van der Waals surface area contributed by atoms with Crippen LogP contribution in [0, 0.1) is 0 Å². The lowest BCUT2D eigenvalue weighted by Crippen LogP contribution is -2.15. The molecule has 2 rings (SSSR count). The number of ether oxygens (including phenoxy) is 1. The zero-order chi connectivity index (χ0) is 15.2. The van der Waals surface area contributed by atoms with Crippen LogP contribution in [0.25, 0.3) is 0 Å². The summed E-state index contributed by atoms with van der Waals surface area (Å²) in [5.74, 6) is 0.502. The minimum Gasteiger partial charge on any atom is -0.489 e. The maximum atomic E-state index is 12.4. The summed E-state index contributed by atoms with van der Waals surface area (Å²) < 4.78 is 5.71. The van der Waals surface area contributed by atoms with Crippen LogP contribution in [0.4, 0.5) is 11.4 Å². The zero-order valence-electron chi connectivity index (χ0n) is 12.5. The molecule has 0 heterocycles. The average Bonchev–Trinajstić information content (AvgIpc) is 2.48. The van der Waals surface area contributed by atoms with E-state index in [0.29, 0.717) is 17.0 Å². The van der Waals surface area contributed by atoms with Crippen molar-refractivity contribution in [3.8, 4) is 5.75 Å². The Hall–Kier alpha value is -2.49. The van der Waals surface area contributed by atoms with Gasteiger partial charge in [-0.25, -0.2) is 0 Å².